The van der Waals surface area contributed by atoms with Crippen LogP contribution in [-0.4, -0.2) is 0 Å². The molecular weight excluding hydrogens is 96.1 g/mol. The molecule has 0 heteroatoms. The summed E-state index contributed by atoms with van der Waals surface area (Å²) < 4.78 is 0. The molecule has 0 aliphatic rings. The molecule has 0 saturated heterocycles. The molecule has 0 nitrogen and oxygen atoms in total. The largest absolute Gasteiger partial charge is 0.0649 e. The number of hydrogen-bond donors (Lipinski definition) is 0. The zero-order chi connectivity index (χ0) is 6.62. The molecule has 0 atom stereocenters. The Balaban J connectivity index is 3.58. The van der Waals surface area contributed by atoms with E-state index in [0.29, 0.717) is 5.41 Å². The highest BCUT2D eigenvalue weighted by molar-refractivity contribution is 4.70. The van der Waals surface area contributed by atoms with Crippen molar-refractivity contribution < 1.29 is 0 Å². The molecule has 0 unspecified atom stereocenters. The van der Waals surface area contributed by atoms with Crippen LogP contribution in [0.5, 0.6) is 0 Å². The van der Waals surface area contributed by atoms with Crippen LogP contribution in [0.1, 0.15) is 40.0 Å². The fourth-order valence-corrected chi connectivity index (χ4v) is 0.604. The van der Waals surface area contributed by atoms with Gasteiger partial charge in [0.2, 0.25) is 0 Å². The fraction of sp³-hybridized carbons (Fsp3) is 0.875. The number of rotatable bonds is 3. The van der Waals surface area contributed by atoms with Crippen molar-refractivity contribution in [2.75, 3.05) is 0 Å². The summed E-state index contributed by atoms with van der Waals surface area (Å²) in [6.07, 6.45) is 3.58. The Hall–Kier alpha value is 0. The van der Waals surface area contributed by atoms with Crippen LogP contribution in [0.3, 0.4) is 0 Å². The Morgan fingerprint density at radius 3 is 1.62 bits per heavy atom. The highest BCUT2D eigenvalue weighted by atomic mass is 14.2. The Kier molecular flexibility index (Phi) is 3.11. The van der Waals surface area contributed by atoms with Crippen LogP contribution in [0, 0.1) is 12.3 Å². The molecule has 0 fully saturated rings. The first-order valence-corrected chi connectivity index (χ1v) is 3.47. The average Bonchev–Trinajstić information content (AvgIpc) is 1.87. The summed E-state index contributed by atoms with van der Waals surface area (Å²) in [4.78, 5) is 0. The van der Waals surface area contributed by atoms with Gasteiger partial charge in [-0.3, -0.25) is 0 Å². The molecule has 0 rings (SSSR count). The van der Waals surface area contributed by atoms with Crippen LogP contribution in [0.15, 0.2) is 0 Å². The van der Waals surface area contributed by atoms with Crippen molar-refractivity contribution in [1.82, 2.24) is 0 Å². The molecule has 0 aliphatic carbocycles. The lowest BCUT2D eigenvalue weighted by Crippen LogP contribution is -2.11. The second-order valence-electron chi connectivity index (χ2n) is 2.77. The first-order valence-electron chi connectivity index (χ1n) is 3.47. The summed E-state index contributed by atoms with van der Waals surface area (Å²) in [5, 5.41) is 0. The summed E-state index contributed by atoms with van der Waals surface area (Å²) in [5.41, 5.74) is 0.514. The van der Waals surface area contributed by atoms with Crippen LogP contribution in [0.4, 0.5) is 0 Å². The molecule has 0 aromatic carbocycles. The quantitative estimate of drug-likeness (QED) is 0.527. The van der Waals surface area contributed by atoms with E-state index in [0.717, 1.165) is 6.42 Å². The van der Waals surface area contributed by atoms with E-state index in [1.165, 1.54) is 12.8 Å². The number of hydrogen-bond acceptors (Lipinski definition) is 0. The van der Waals surface area contributed by atoms with E-state index in [1.54, 1.807) is 0 Å². The molecule has 0 bridgehead atoms. The van der Waals surface area contributed by atoms with Gasteiger partial charge in [-0.2, -0.15) is 0 Å². The van der Waals surface area contributed by atoms with Gasteiger partial charge in [-0.1, -0.05) is 40.5 Å². The van der Waals surface area contributed by atoms with Gasteiger partial charge in [-0.15, -0.1) is 0 Å². The van der Waals surface area contributed by atoms with E-state index in [1.807, 2.05) is 0 Å². The third kappa shape index (κ3) is 1.85. The Bertz CT molecular complexity index is 42.8. The molecule has 49 valence electrons. The van der Waals surface area contributed by atoms with Gasteiger partial charge in [0.1, 0.15) is 0 Å². The van der Waals surface area contributed by atoms with Crippen molar-refractivity contribution >= 4 is 0 Å². The Morgan fingerprint density at radius 1 is 1.25 bits per heavy atom. The molecule has 0 heterocycles. The molecule has 0 aliphatic heterocycles. The monoisotopic (exact) mass is 113 g/mol. The zero-order valence-corrected chi connectivity index (χ0v) is 6.33. The molecule has 0 aromatic heterocycles. The van der Waals surface area contributed by atoms with Gasteiger partial charge in [0.15, 0.2) is 0 Å². The Labute approximate surface area is 53.3 Å². The lowest BCUT2D eigenvalue weighted by Gasteiger charge is -2.23. The van der Waals surface area contributed by atoms with Crippen molar-refractivity contribution in [3.63, 3.8) is 0 Å². The summed E-state index contributed by atoms with van der Waals surface area (Å²) in [7, 11) is 0. The second kappa shape index (κ2) is 3.11. The first-order chi connectivity index (χ1) is 3.68. The van der Waals surface area contributed by atoms with Crippen LogP contribution in [0.25, 0.3) is 0 Å². The predicted octanol–water partition coefficient (Wildman–Crippen LogP) is 3.04. The van der Waals surface area contributed by atoms with Gasteiger partial charge in [0.25, 0.3) is 0 Å². The van der Waals surface area contributed by atoms with Gasteiger partial charge in [-0.05, 0) is 11.8 Å². The normalized spacial score (nSPS) is 12.0. The average molecular weight is 113 g/mol. The van der Waals surface area contributed by atoms with Crippen LogP contribution in [0.2, 0.25) is 0 Å². The lowest BCUT2D eigenvalue weighted by atomic mass is 9.82. The maximum absolute atomic E-state index is 3.90. The van der Waals surface area contributed by atoms with Crippen molar-refractivity contribution in [3.05, 3.63) is 6.92 Å². The van der Waals surface area contributed by atoms with Crippen molar-refractivity contribution in [2.45, 2.75) is 40.0 Å². The summed E-state index contributed by atoms with van der Waals surface area (Å²) in [5.74, 6) is 0. The highest BCUT2D eigenvalue weighted by Gasteiger charge is 2.15. The van der Waals surface area contributed by atoms with Gasteiger partial charge >= 0.3 is 0 Å². The second-order valence-corrected chi connectivity index (χ2v) is 2.77. The van der Waals surface area contributed by atoms with Crippen molar-refractivity contribution in [2.24, 2.45) is 5.41 Å². The highest BCUT2D eigenvalue weighted by Crippen LogP contribution is 2.28. The van der Waals surface area contributed by atoms with Crippen LogP contribution >= 0.6 is 0 Å². The molecule has 0 saturated carbocycles. The SMILES string of the molecule is [CH2]CC(C)(CC)CC. The minimum Gasteiger partial charge on any atom is -0.0649 e. The molecule has 1 radical (unpaired) electrons. The van der Waals surface area contributed by atoms with E-state index < -0.39 is 0 Å². The predicted molar refractivity (Wildman–Crippen MR) is 38.7 cm³/mol. The summed E-state index contributed by atoms with van der Waals surface area (Å²) >= 11 is 0. The maximum atomic E-state index is 3.90. The minimum atomic E-state index is 0.514. The van der Waals surface area contributed by atoms with Crippen molar-refractivity contribution in [3.8, 4) is 0 Å². The van der Waals surface area contributed by atoms with Crippen molar-refractivity contribution in [1.29, 1.82) is 0 Å². The van der Waals surface area contributed by atoms with Gasteiger partial charge in [0.05, 0.1) is 0 Å². The van der Waals surface area contributed by atoms with Crippen LogP contribution < -0.4 is 0 Å². The fourth-order valence-electron chi connectivity index (χ4n) is 0.604. The van der Waals surface area contributed by atoms with E-state index in [-0.39, 0.29) is 0 Å². The summed E-state index contributed by atoms with van der Waals surface area (Å²) in [6, 6.07) is 0. The van der Waals surface area contributed by atoms with E-state index in [4.69, 9.17) is 0 Å². The van der Waals surface area contributed by atoms with E-state index >= 15 is 0 Å². The van der Waals surface area contributed by atoms with Gasteiger partial charge < -0.3 is 0 Å². The standard InChI is InChI=1S/C8H17/c1-5-8(4,6-2)7-3/h1,5-7H2,2-4H3. The molecular formula is C8H17. The van der Waals surface area contributed by atoms with Crippen LogP contribution in [-0.2, 0) is 0 Å². The molecule has 0 aromatic rings. The third-order valence-corrected chi connectivity index (χ3v) is 2.31. The molecule has 0 N–H and O–H groups in total. The molecule has 8 heavy (non-hydrogen) atoms. The zero-order valence-electron chi connectivity index (χ0n) is 6.33. The Morgan fingerprint density at radius 2 is 1.62 bits per heavy atom. The minimum absolute atomic E-state index is 0.514. The summed E-state index contributed by atoms with van der Waals surface area (Å²) in [6.45, 7) is 10.7. The van der Waals surface area contributed by atoms with E-state index in [2.05, 4.69) is 27.7 Å². The topological polar surface area (TPSA) is 0 Å². The maximum Gasteiger partial charge on any atom is -0.0331 e. The third-order valence-electron chi connectivity index (χ3n) is 2.31. The molecule has 0 amide bonds. The lowest BCUT2D eigenvalue weighted by molar-refractivity contribution is 0.301. The van der Waals surface area contributed by atoms with Gasteiger partial charge in [0, 0.05) is 0 Å². The smallest absolute Gasteiger partial charge is 0.0331 e. The molecule has 0 spiro atoms. The van der Waals surface area contributed by atoms with E-state index in [9.17, 15) is 0 Å². The van der Waals surface area contributed by atoms with Gasteiger partial charge in [-0.25, -0.2) is 0 Å². The first kappa shape index (κ1) is 8.00.